The number of rotatable bonds is 4. The summed E-state index contributed by atoms with van der Waals surface area (Å²) >= 11 is 0. The van der Waals surface area contributed by atoms with E-state index in [1.807, 2.05) is 11.7 Å². The minimum absolute atomic E-state index is 0.682. The summed E-state index contributed by atoms with van der Waals surface area (Å²) in [6.07, 6.45) is 4.75. The van der Waals surface area contributed by atoms with E-state index in [1.54, 1.807) is 0 Å². The predicted molar refractivity (Wildman–Crippen MR) is 71.4 cm³/mol. The van der Waals surface area contributed by atoms with E-state index in [2.05, 4.69) is 23.8 Å². The van der Waals surface area contributed by atoms with E-state index in [9.17, 15) is 0 Å². The van der Waals surface area contributed by atoms with E-state index in [0.29, 0.717) is 12.6 Å². The van der Waals surface area contributed by atoms with Crippen molar-refractivity contribution in [3.8, 4) is 0 Å². The molecule has 2 N–H and O–H groups in total. The molecule has 1 unspecified atom stereocenters. The summed E-state index contributed by atoms with van der Waals surface area (Å²) in [5.74, 6) is 1.30. The number of anilines is 1. The molecule has 4 nitrogen and oxygen atoms in total. The fraction of sp³-hybridized carbons (Fsp3) is 0.769. The van der Waals surface area contributed by atoms with Gasteiger partial charge >= 0.3 is 0 Å². The fourth-order valence-corrected chi connectivity index (χ4v) is 3.03. The molecule has 17 heavy (non-hydrogen) atoms. The molecule has 0 saturated carbocycles. The first kappa shape index (κ1) is 12.4. The second-order valence-corrected chi connectivity index (χ2v) is 4.95. The minimum atomic E-state index is 0.682. The third-order valence-corrected chi connectivity index (χ3v) is 3.83. The molecule has 0 amide bonds. The lowest BCUT2D eigenvalue weighted by Crippen LogP contribution is -2.31. The van der Waals surface area contributed by atoms with Gasteiger partial charge in [-0.15, -0.1) is 0 Å². The summed E-state index contributed by atoms with van der Waals surface area (Å²) in [4.78, 5) is 2.53. The van der Waals surface area contributed by atoms with Crippen molar-refractivity contribution in [3.05, 3.63) is 11.3 Å². The molecule has 96 valence electrons. The molecular formula is C13H24N4. The Balaban J connectivity index is 2.36. The molecule has 1 aromatic heterocycles. The fourth-order valence-electron chi connectivity index (χ4n) is 3.03. The number of hydrogen-bond donors (Lipinski definition) is 1. The van der Waals surface area contributed by atoms with Crippen LogP contribution < -0.4 is 10.6 Å². The molecule has 1 fully saturated rings. The van der Waals surface area contributed by atoms with Gasteiger partial charge in [0.15, 0.2) is 0 Å². The minimum Gasteiger partial charge on any atom is -0.354 e. The van der Waals surface area contributed by atoms with Crippen LogP contribution in [0.5, 0.6) is 0 Å². The Hall–Kier alpha value is -1.03. The van der Waals surface area contributed by atoms with Crippen LogP contribution in [-0.2, 0) is 13.5 Å². The summed E-state index contributed by atoms with van der Waals surface area (Å²) in [6.45, 7) is 6.22. The third kappa shape index (κ3) is 2.18. The maximum atomic E-state index is 5.72. The van der Waals surface area contributed by atoms with Crippen molar-refractivity contribution in [3.63, 3.8) is 0 Å². The SMILES string of the molecule is CCC1CCCN1c1c(CCN)c(C)nn1C. The van der Waals surface area contributed by atoms with Gasteiger partial charge in [-0.1, -0.05) is 6.92 Å². The molecule has 1 aliphatic rings. The summed E-state index contributed by atoms with van der Waals surface area (Å²) in [5.41, 5.74) is 8.19. The second kappa shape index (κ2) is 5.08. The molecule has 0 aromatic carbocycles. The lowest BCUT2D eigenvalue weighted by molar-refractivity contribution is 0.619. The van der Waals surface area contributed by atoms with Crippen LogP contribution in [0.4, 0.5) is 5.82 Å². The monoisotopic (exact) mass is 236 g/mol. The molecule has 0 bridgehead atoms. The lowest BCUT2D eigenvalue weighted by Gasteiger charge is -2.27. The van der Waals surface area contributed by atoms with E-state index < -0.39 is 0 Å². The zero-order valence-corrected chi connectivity index (χ0v) is 11.2. The van der Waals surface area contributed by atoms with Gasteiger partial charge in [0, 0.05) is 25.2 Å². The maximum absolute atomic E-state index is 5.72. The molecule has 0 radical (unpaired) electrons. The van der Waals surface area contributed by atoms with Gasteiger partial charge in [-0.2, -0.15) is 5.10 Å². The van der Waals surface area contributed by atoms with Crippen LogP contribution in [0, 0.1) is 6.92 Å². The summed E-state index contributed by atoms with van der Waals surface area (Å²) < 4.78 is 2.04. The first-order chi connectivity index (χ1) is 8.19. The smallest absolute Gasteiger partial charge is 0.130 e. The largest absolute Gasteiger partial charge is 0.354 e. The zero-order chi connectivity index (χ0) is 12.4. The Morgan fingerprint density at radius 2 is 2.24 bits per heavy atom. The van der Waals surface area contributed by atoms with Gasteiger partial charge < -0.3 is 10.6 Å². The average Bonchev–Trinajstić information content (AvgIpc) is 2.85. The highest BCUT2D eigenvalue weighted by atomic mass is 15.4. The van der Waals surface area contributed by atoms with E-state index in [4.69, 9.17) is 5.73 Å². The highest BCUT2D eigenvalue weighted by molar-refractivity contribution is 5.52. The average molecular weight is 236 g/mol. The van der Waals surface area contributed by atoms with Gasteiger partial charge in [-0.3, -0.25) is 4.68 Å². The summed E-state index contributed by atoms with van der Waals surface area (Å²) in [6, 6.07) is 0.682. The maximum Gasteiger partial charge on any atom is 0.130 e. The van der Waals surface area contributed by atoms with Crippen LogP contribution in [0.25, 0.3) is 0 Å². The zero-order valence-electron chi connectivity index (χ0n) is 11.2. The number of aromatic nitrogens is 2. The summed E-state index contributed by atoms with van der Waals surface area (Å²) in [5, 5.41) is 4.56. The van der Waals surface area contributed by atoms with Crippen LogP contribution >= 0.6 is 0 Å². The van der Waals surface area contributed by atoms with Crippen molar-refractivity contribution in [1.82, 2.24) is 9.78 Å². The van der Waals surface area contributed by atoms with Gasteiger partial charge in [-0.05, 0) is 39.2 Å². The van der Waals surface area contributed by atoms with E-state index in [1.165, 1.54) is 30.6 Å². The van der Waals surface area contributed by atoms with Gasteiger partial charge in [0.2, 0.25) is 0 Å². The Morgan fingerprint density at radius 1 is 1.47 bits per heavy atom. The van der Waals surface area contributed by atoms with Gasteiger partial charge in [0.1, 0.15) is 5.82 Å². The molecule has 0 spiro atoms. The normalized spacial score (nSPS) is 20.2. The number of nitrogens with zero attached hydrogens (tertiary/aromatic N) is 3. The van der Waals surface area contributed by atoms with Crippen molar-refractivity contribution < 1.29 is 0 Å². The van der Waals surface area contributed by atoms with Crippen molar-refractivity contribution in [1.29, 1.82) is 0 Å². The molecule has 2 rings (SSSR count). The molecule has 0 aliphatic carbocycles. The van der Waals surface area contributed by atoms with Crippen LogP contribution in [0.2, 0.25) is 0 Å². The number of aryl methyl sites for hydroxylation is 2. The van der Waals surface area contributed by atoms with Crippen molar-refractivity contribution in [2.24, 2.45) is 12.8 Å². The van der Waals surface area contributed by atoms with Crippen LogP contribution in [0.1, 0.15) is 37.4 Å². The first-order valence-corrected chi connectivity index (χ1v) is 6.68. The molecule has 4 heteroatoms. The standard InChI is InChI=1S/C13H24N4/c1-4-11-6-5-9-17(11)13-12(7-8-14)10(2)15-16(13)3/h11H,4-9,14H2,1-3H3. The molecule has 1 aromatic rings. The Bertz CT molecular complexity index is 383. The predicted octanol–water partition coefficient (Wildman–Crippen LogP) is 1.61. The van der Waals surface area contributed by atoms with Gasteiger partial charge in [0.25, 0.3) is 0 Å². The lowest BCUT2D eigenvalue weighted by atomic mass is 10.1. The molecule has 1 saturated heterocycles. The molecule has 2 heterocycles. The van der Waals surface area contributed by atoms with E-state index >= 15 is 0 Å². The highest BCUT2D eigenvalue weighted by Gasteiger charge is 2.28. The second-order valence-electron chi connectivity index (χ2n) is 4.95. The van der Waals surface area contributed by atoms with Crippen LogP contribution in [0.15, 0.2) is 0 Å². The Kier molecular flexibility index (Phi) is 3.72. The summed E-state index contributed by atoms with van der Waals surface area (Å²) in [7, 11) is 2.05. The van der Waals surface area contributed by atoms with E-state index in [-0.39, 0.29) is 0 Å². The van der Waals surface area contributed by atoms with Crippen molar-refractivity contribution >= 4 is 5.82 Å². The topological polar surface area (TPSA) is 47.1 Å². The number of nitrogens with two attached hydrogens (primary N) is 1. The van der Waals surface area contributed by atoms with Crippen LogP contribution in [0.3, 0.4) is 0 Å². The molecular weight excluding hydrogens is 212 g/mol. The van der Waals surface area contributed by atoms with Crippen molar-refractivity contribution in [2.45, 2.75) is 45.6 Å². The van der Waals surface area contributed by atoms with Crippen molar-refractivity contribution in [2.75, 3.05) is 18.0 Å². The molecule has 1 aliphatic heterocycles. The van der Waals surface area contributed by atoms with Gasteiger partial charge in [0.05, 0.1) is 5.69 Å². The Labute approximate surface area is 104 Å². The first-order valence-electron chi connectivity index (χ1n) is 6.68. The quantitative estimate of drug-likeness (QED) is 0.864. The molecule has 1 atom stereocenters. The third-order valence-electron chi connectivity index (χ3n) is 3.83. The van der Waals surface area contributed by atoms with E-state index in [0.717, 1.165) is 18.7 Å². The number of hydrogen-bond acceptors (Lipinski definition) is 3. The Morgan fingerprint density at radius 3 is 2.88 bits per heavy atom. The van der Waals surface area contributed by atoms with Crippen LogP contribution in [-0.4, -0.2) is 28.9 Å². The highest BCUT2D eigenvalue weighted by Crippen LogP contribution is 2.31. The van der Waals surface area contributed by atoms with Gasteiger partial charge in [-0.25, -0.2) is 0 Å².